The van der Waals surface area contributed by atoms with Gasteiger partial charge in [0, 0.05) is 12.1 Å². The summed E-state index contributed by atoms with van der Waals surface area (Å²) in [5, 5.41) is 0. The Bertz CT molecular complexity index is 135. The van der Waals surface area contributed by atoms with Crippen molar-refractivity contribution in [2.45, 2.75) is 63.5 Å². The summed E-state index contributed by atoms with van der Waals surface area (Å²) in [7, 11) is 0. The number of rotatable bonds is 7. The minimum Gasteiger partial charge on any atom is -0.297 e. The van der Waals surface area contributed by atoms with Crippen LogP contribution in [-0.2, 0) is 0 Å². The van der Waals surface area contributed by atoms with E-state index in [1.807, 2.05) is 0 Å². The summed E-state index contributed by atoms with van der Waals surface area (Å²) in [6.45, 7) is 5.25. The molecule has 0 saturated heterocycles. The zero-order valence-electron chi connectivity index (χ0n) is 8.67. The number of nitrogens with zero attached hydrogens (tertiary/aromatic N) is 1. The van der Waals surface area contributed by atoms with E-state index in [0.29, 0.717) is 0 Å². The average molecular weight is 180 g/mol. The highest BCUT2D eigenvalue weighted by molar-refractivity contribution is 4.94. The lowest BCUT2D eigenvalue weighted by molar-refractivity contribution is 0.247. The molecule has 0 aliphatic heterocycles. The molecule has 0 bridgehead atoms. The summed E-state index contributed by atoms with van der Waals surface area (Å²) in [6.07, 6.45) is 11.1. The molecule has 0 spiro atoms. The highest BCUT2D eigenvalue weighted by atomic mass is 15.2. The molecule has 0 aromatic rings. The van der Waals surface area contributed by atoms with Crippen molar-refractivity contribution in [2.75, 3.05) is 6.54 Å². The second kappa shape index (κ2) is 4.45. The molecule has 0 unspecified atom stereocenters. The molecule has 0 heterocycles. The van der Waals surface area contributed by atoms with Crippen molar-refractivity contribution >= 4 is 0 Å². The van der Waals surface area contributed by atoms with Gasteiger partial charge in [-0.25, -0.2) is 0 Å². The maximum Gasteiger partial charge on any atom is 0.00993 e. The summed E-state index contributed by atoms with van der Waals surface area (Å²) < 4.78 is 0. The molecule has 0 amide bonds. The molecule has 1 heteroatoms. The van der Waals surface area contributed by atoms with Crippen LogP contribution in [0.2, 0.25) is 0 Å². The van der Waals surface area contributed by atoms with Crippen LogP contribution in [0.1, 0.15) is 51.4 Å². The van der Waals surface area contributed by atoms with E-state index in [1.54, 1.807) is 0 Å². The molecular formula is C12H22N. The van der Waals surface area contributed by atoms with Gasteiger partial charge >= 0.3 is 0 Å². The van der Waals surface area contributed by atoms with E-state index in [4.69, 9.17) is 0 Å². The Morgan fingerprint density at radius 2 is 1.54 bits per heavy atom. The third kappa shape index (κ3) is 2.98. The highest BCUT2D eigenvalue weighted by Crippen LogP contribution is 2.37. The van der Waals surface area contributed by atoms with Crippen LogP contribution < -0.4 is 0 Å². The van der Waals surface area contributed by atoms with E-state index < -0.39 is 0 Å². The minimum absolute atomic E-state index is 0.993. The van der Waals surface area contributed by atoms with Crippen molar-refractivity contribution < 1.29 is 0 Å². The topological polar surface area (TPSA) is 3.24 Å². The molecular weight excluding hydrogens is 158 g/mol. The Balaban J connectivity index is 1.59. The predicted octanol–water partition coefficient (Wildman–Crippen LogP) is 3.01. The molecule has 1 radical (unpaired) electrons. The minimum atomic E-state index is 0.993. The lowest BCUT2D eigenvalue weighted by atomic mass is 10.2. The van der Waals surface area contributed by atoms with E-state index >= 15 is 0 Å². The largest absolute Gasteiger partial charge is 0.297 e. The number of unbranched alkanes of at least 4 members (excludes halogenated alkanes) is 3. The molecule has 2 aliphatic carbocycles. The molecule has 13 heavy (non-hydrogen) atoms. The lowest BCUT2D eigenvalue weighted by Crippen LogP contribution is -2.29. The van der Waals surface area contributed by atoms with Gasteiger partial charge in [0.25, 0.3) is 0 Å². The second-order valence-electron chi connectivity index (χ2n) is 4.61. The van der Waals surface area contributed by atoms with Gasteiger partial charge in [-0.3, -0.25) is 4.90 Å². The molecule has 2 rings (SSSR count). The van der Waals surface area contributed by atoms with Gasteiger partial charge in [0.2, 0.25) is 0 Å². The Morgan fingerprint density at radius 1 is 0.923 bits per heavy atom. The van der Waals surface area contributed by atoms with Crippen LogP contribution in [0.5, 0.6) is 0 Å². The third-order valence-corrected chi connectivity index (χ3v) is 3.20. The van der Waals surface area contributed by atoms with Crippen molar-refractivity contribution in [1.29, 1.82) is 0 Å². The van der Waals surface area contributed by atoms with Gasteiger partial charge in [-0.2, -0.15) is 0 Å². The summed E-state index contributed by atoms with van der Waals surface area (Å²) in [6, 6.07) is 1.99. The van der Waals surface area contributed by atoms with Gasteiger partial charge in [-0.05, 0) is 38.6 Å². The van der Waals surface area contributed by atoms with Gasteiger partial charge < -0.3 is 0 Å². The molecule has 2 saturated carbocycles. The van der Waals surface area contributed by atoms with Gasteiger partial charge in [0.1, 0.15) is 0 Å². The standard InChI is InChI=1S/C12H22N/c1-2-3-4-5-10-13(11-6-7-11)12-8-9-12/h11-12H,1-10H2. The monoisotopic (exact) mass is 180 g/mol. The molecule has 75 valence electrons. The molecule has 2 fully saturated rings. The summed E-state index contributed by atoms with van der Waals surface area (Å²) in [4.78, 5) is 2.78. The van der Waals surface area contributed by atoms with Crippen molar-refractivity contribution in [3.63, 3.8) is 0 Å². The van der Waals surface area contributed by atoms with Crippen LogP contribution in [0.15, 0.2) is 0 Å². The summed E-state index contributed by atoms with van der Waals surface area (Å²) in [5.74, 6) is 0. The molecule has 0 N–H and O–H groups in total. The fourth-order valence-electron chi connectivity index (χ4n) is 2.12. The lowest BCUT2D eigenvalue weighted by Gasteiger charge is -2.21. The molecule has 1 nitrogen and oxygen atoms in total. The second-order valence-corrected chi connectivity index (χ2v) is 4.61. The van der Waals surface area contributed by atoms with Gasteiger partial charge in [0.15, 0.2) is 0 Å². The van der Waals surface area contributed by atoms with E-state index in [0.717, 1.165) is 18.5 Å². The van der Waals surface area contributed by atoms with Crippen LogP contribution in [0, 0.1) is 6.92 Å². The molecule has 2 aliphatic rings. The average Bonchev–Trinajstić information content (AvgIpc) is 2.99. The quantitative estimate of drug-likeness (QED) is 0.544. The van der Waals surface area contributed by atoms with Crippen LogP contribution >= 0.6 is 0 Å². The van der Waals surface area contributed by atoms with Gasteiger partial charge in [-0.15, -0.1) is 0 Å². The van der Waals surface area contributed by atoms with Crippen LogP contribution in [-0.4, -0.2) is 23.5 Å². The number of hydrogen-bond donors (Lipinski definition) is 0. The fourth-order valence-corrected chi connectivity index (χ4v) is 2.12. The third-order valence-electron chi connectivity index (χ3n) is 3.20. The van der Waals surface area contributed by atoms with Crippen LogP contribution in [0.4, 0.5) is 0 Å². The van der Waals surface area contributed by atoms with Crippen molar-refractivity contribution in [3.8, 4) is 0 Å². The van der Waals surface area contributed by atoms with Gasteiger partial charge in [-0.1, -0.05) is 26.2 Å². The van der Waals surface area contributed by atoms with E-state index in [1.165, 1.54) is 51.5 Å². The van der Waals surface area contributed by atoms with E-state index in [-0.39, 0.29) is 0 Å². The van der Waals surface area contributed by atoms with Crippen molar-refractivity contribution in [2.24, 2.45) is 0 Å². The first-order valence-corrected chi connectivity index (χ1v) is 5.97. The predicted molar refractivity (Wildman–Crippen MR) is 56.6 cm³/mol. The zero-order valence-corrected chi connectivity index (χ0v) is 8.67. The summed E-state index contributed by atoms with van der Waals surface area (Å²) in [5.41, 5.74) is 0. The Hall–Kier alpha value is -0.0400. The SMILES string of the molecule is [CH2]CCCCCN(C1CC1)C1CC1. The Labute approximate surface area is 82.5 Å². The first kappa shape index (κ1) is 9.51. The molecule has 0 aromatic carbocycles. The number of hydrogen-bond acceptors (Lipinski definition) is 1. The molecule has 0 aromatic heterocycles. The normalized spacial score (nSPS) is 22.6. The first-order chi connectivity index (χ1) is 6.42. The summed E-state index contributed by atoms with van der Waals surface area (Å²) >= 11 is 0. The zero-order chi connectivity index (χ0) is 9.10. The Kier molecular flexibility index (Phi) is 3.26. The maximum absolute atomic E-state index is 3.88. The van der Waals surface area contributed by atoms with Gasteiger partial charge in [0.05, 0.1) is 0 Å². The maximum atomic E-state index is 3.88. The van der Waals surface area contributed by atoms with E-state index in [2.05, 4.69) is 11.8 Å². The first-order valence-electron chi connectivity index (χ1n) is 5.97. The van der Waals surface area contributed by atoms with Crippen molar-refractivity contribution in [1.82, 2.24) is 4.90 Å². The highest BCUT2D eigenvalue weighted by Gasteiger charge is 2.38. The smallest absolute Gasteiger partial charge is 0.00993 e. The van der Waals surface area contributed by atoms with Crippen molar-refractivity contribution in [3.05, 3.63) is 6.92 Å². The fraction of sp³-hybridized carbons (Fsp3) is 0.917. The Morgan fingerprint density at radius 3 is 2.00 bits per heavy atom. The van der Waals surface area contributed by atoms with Crippen LogP contribution in [0.3, 0.4) is 0 Å². The van der Waals surface area contributed by atoms with Crippen LogP contribution in [0.25, 0.3) is 0 Å². The van der Waals surface area contributed by atoms with E-state index in [9.17, 15) is 0 Å². The molecule has 0 atom stereocenters.